The second kappa shape index (κ2) is 18.5. The molecule has 7 rings (SSSR count). The number of fused-ring (bicyclic) bond motifs is 2. The van der Waals surface area contributed by atoms with Crippen molar-refractivity contribution in [3.05, 3.63) is 194 Å². The smallest absolute Gasteiger partial charge is 0.163 e. The summed E-state index contributed by atoms with van der Waals surface area (Å²) in [6.07, 6.45) is 22.3. The van der Waals surface area contributed by atoms with Gasteiger partial charge < -0.3 is 25.5 Å². The monoisotopic (exact) mass is 812 g/mol. The van der Waals surface area contributed by atoms with Crippen LogP contribution in [0.3, 0.4) is 0 Å². The molecule has 308 valence electrons. The first-order valence-corrected chi connectivity index (χ1v) is 20.5. The number of allylic oxidation sites excluding steroid dienone is 9. The molecule has 62 heavy (non-hydrogen) atoms. The fourth-order valence-corrected chi connectivity index (χ4v) is 8.45. The van der Waals surface area contributed by atoms with Gasteiger partial charge in [0.2, 0.25) is 0 Å². The van der Waals surface area contributed by atoms with Crippen molar-refractivity contribution in [2.75, 3.05) is 23.4 Å². The molecule has 2 aromatic heterocycles. The van der Waals surface area contributed by atoms with E-state index in [0.717, 1.165) is 95.3 Å². The van der Waals surface area contributed by atoms with Gasteiger partial charge >= 0.3 is 0 Å². The van der Waals surface area contributed by atoms with Crippen LogP contribution in [0.4, 0.5) is 22.9 Å². The number of nitrogens with two attached hydrogens (primary N) is 1. The van der Waals surface area contributed by atoms with Gasteiger partial charge in [0.1, 0.15) is 5.69 Å². The Morgan fingerprint density at radius 1 is 0.839 bits per heavy atom. The number of aliphatic imine (C=N–C) groups is 2. The molecule has 0 unspecified atom stereocenters. The quantitative estimate of drug-likeness (QED) is 0.0799. The number of para-hydroxylation sites is 2. The number of anilines is 2. The van der Waals surface area contributed by atoms with Crippen molar-refractivity contribution in [1.82, 2.24) is 9.13 Å². The minimum Gasteiger partial charge on any atom is -0.405 e. The van der Waals surface area contributed by atoms with Crippen LogP contribution < -0.4 is 15.5 Å². The molecule has 8 nitrogen and oxygen atoms in total. The zero-order chi connectivity index (χ0) is 43.9. The van der Waals surface area contributed by atoms with E-state index in [2.05, 4.69) is 135 Å². The summed E-state index contributed by atoms with van der Waals surface area (Å²) in [5.41, 5.74) is 20.1. The van der Waals surface area contributed by atoms with Gasteiger partial charge in [0.25, 0.3) is 0 Å². The van der Waals surface area contributed by atoms with Gasteiger partial charge in [-0.3, -0.25) is 4.57 Å². The fourth-order valence-electron chi connectivity index (χ4n) is 8.45. The first-order chi connectivity index (χ1) is 30.3. The van der Waals surface area contributed by atoms with Gasteiger partial charge in [0.05, 0.1) is 34.7 Å². The normalized spacial score (nSPS) is 14.4. The van der Waals surface area contributed by atoms with E-state index in [0.29, 0.717) is 12.4 Å². The Balaban J connectivity index is 1.37. The lowest BCUT2D eigenvalue weighted by atomic mass is 10.0. The molecule has 4 aromatic carbocycles. The third-order valence-electron chi connectivity index (χ3n) is 11.2. The van der Waals surface area contributed by atoms with Crippen molar-refractivity contribution < 1.29 is 0 Å². The number of nitrogens with zero attached hydrogens (tertiary/aromatic N) is 6. The first-order valence-electron chi connectivity index (χ1n) is 20.5. The van der Waals surface area contributed by atoms with Gasteiger partial charge in [-0.25, -0.2) is 9.98 Å². The largest absolute Gasteiger partial charge is 0.405 e. The lowest BCUT2D eigenvalue weighted by molar-refractivity contribution is 1.10. The second-order valence-electron chi connectivity index (χ2n) is 14.5. The van der Waals surface area contributed by atoms with Crippen molar-refractivity contribution in [3.8, 4) is 16.8 Å². The molecule has 0 saturated heterocycles. The molecule has 6 aromatic rings. The van der Waals surface area contributed by atoms with E-state index in [4.69, 9.17) is 16.1 Å². The fraction of sp³-hybridized carbons (Fsp3) is 0.0926. The van der Waals surface area contributed by atoms with Crippen LogP contribution in [0.1, 0.15) is 32.0 Å². The predicted octanol–water partition coefficient (Wildman–Crippen LogP) is 13.4. The molecule has 3 N–H and O–H groups in total. The number of aromatic nitrogens is 2. The average Bonchev–Trinajstić information content (AvgIpc) is 3.93. The first kappa shape index (κ1) is 42.2. The van der Waals surface area contributed by atoms with Crippen molar-refractivity contribution in [2.24, 2.45) is 15.7 Å². The summed E-state index contributed by atoms with van der Waals surface area (Å²) in [5.74, 6) is 0.644. The molecule has 0 spiro atoms. The van der Waals surface area contributed by atoms with Crippen LogP contribution in [-0.4, -0.2) is 41.4 Å². The van der Waals surface area contributed by atoms with Crippen LogP contribution in [-0.2, 0) is 0 Å². The molecule has 0 fully saturated rings. The zero-order valence-electron chi connectivity index (χ0n) is 35.9. The lowest BCUT2D eigenvalue weighted by Crippen LogP contribution is -2.20. The maximum atomic E-state index is 7.81. The molecule has 1 aliphatic heterocycles. The summed E-state index contributed by atoms with van der Waals surface area (Å²) in [6, 6.07) is 31.6. The van der Waals surface area contributed by atoms with Crippen LogP contribution in [0.2, 0.25) is 0 Å². The number of nitrogens with one attached hydrogen (secondary N) is 1. The number of hydrogen-bond acceptors (Lipinski definition) is 6. The third-order valence-corrected chi connectivity index (χ3v) is 11.2. The molecule has 0 atom stereocenters. The van der Waals surface area contributed by atoms with Crippen LogP contribution in [0.25, 0.3) is 56.5 Å². The second-order valence-corrected chi connectivity index (χ2v) is 14.5. The highest BCUT2D eigenvalue weighted by molar-refractivity contribution is 6.14. The molecular formula is C54H52N8. The number of likely N-dealkylation sites (N-methyl/N-ethyl adjacent to an activating group) is 1. The molecule has 8 heteroatoms. The van der Waals surface area contributed by atoms with Crippen LogP contribution in [0, 0.1) is 5.41 Å². The van der Waals surface area contributed by atoms with Gasteiger partial charge in [0, 0.05) is 69.2 Å². The van der Waals surface area contributed by atoms with E-state index < -0.39 is 0 Å². The van der Waals surface area contributed by atoms with E-state index in [1.165, 1.54) is 6.21 Å². The summed E-state index contributed by atoms with van der Waals surface area (Å²) in [5, 5.41) is 9.80. The Bertz CT molecular complexity index is 2990. The minimum absolute atomic E-state index is 0.493. The third kappa shape index (κ3) is 7.43. The van der Waals surface area contributed by atoms with E-state index >= 15 is 0 Å². The van der Waals surface area contributed by atoms with Gasteiger partial charge in [-0.1, -0.05) is 98.6 Å². The van der Waals surface area contributed by atoms with E-state index in [1.54, 1.807) is 18.4 Å². The van der Waals surface area contributed by atoms with Crippen molar-refractivity contribution >= 4 is 81.2 Å². The lowest BCUT2D eigenvalue weighted by Gasteiger charge is -2.24. The summed E-state index contributed by atoms with van der Waals surface area (Å²) < 4.78 is 4.26. The van der Waals surface area contributed by atoms with Gasteiger partial charge in [-0.15, -0.1) is 0 Å². The van der Waals surface area contributed by atoms with Crippen molar-refractivity contribution in [1.29, 1.82) is 5.41 Å². The molecule has 0 amide bonds. The average molecular weight is 813 g/mol. The Morgan fingerprint density at radius 3 is 2.31 bits per heavy atom. The number of benzene rings is 4. The molecule has 0 saturated carbocycles. The topological polar surface area (TPSA) is 90.9 Å². The van der Waals surface area contributed by atoms with Crippen LogP contribution >= 0.6 is 0 Å². The van der Waals surface area contributed by atoms with Crippen LogP contribution in [0.5, 0.6) is 0 Å². The highest BCUT2D eigenvalue weighted by Crippen LogP contribution is 2.44. The number of hydrogen-bond donors (Lipinski definition) is 2. The predicted molar refractivity (Wildman–Crippen MR) is 270 cm³/mol. The van der Waals surface area contributed by atoms with Gasteiger partial charge in [-0.2, -0.15) is 0 Å². The van der Waals surface area contributed by atoms with E-state index in [9.17, 15) is 0 Å². The maximum Gasteiger partial charge on any atom is 0.163 e. The maximum absolute atomic E-state index is 7.81. The van der Waals surface area contributed by atoms with Crippen molar-refractivity contribution in [2.45, 2.75) is 20.8 Å². The van der Waals surface area contributed by atoms with Gasteiger partial charge in [0.15, 0.2) is 5.82 Å². The Hall–Kier alpha value is -7.97. The zero-order valence-corrected chi connectivity index (χ0v) is 35.9. The highest BCUT2D eigenvalue weighted by Gasteiger charge is 2.29. The summed E-state index contributed by atoms with van der Waals surface area (Å²) >= 11 is 0. The summed E-state index contributed by atoms with van der Waals surface area (Å²) in [7, 11) is 2.05. The molecule has 0 bridgehead atoms. The Morgan fingerprint density at radius 2 is 1.61 bits per heavy atom. The standard InChI is InChI=1S/C54H52N8/c1-9-20-49-43(14-6)47(36-60(49)40-28-29-52-46(35-40)42(13-5)50(21-10-2)61(52)39(12-4)31-33-56)58-53-45-25-16-18-27-51(45)62(54(53)57-7)41-23-19-22-37(34-41)44-24-15-17-26-48(44)59(8)38(11-3)30-32-55/h9-35,56H,4-7,36,55H2,1-3,8H3/b20-9-,21-10-,32-30-,38-11+,39-31+,56-33?,58-47?. The van der Waals surface area contributed by atoms with Crippen LogP contribution in [0.15, 0.2) is 192 Å². The summed E-state index contributed by atoms with van der Waals surface area (Å²) in [6.45, 7) is 23.1. The minimum atomic E-state index is 0.493. The van der Waals surface area contributed by atoms with Crippen molar-refractivity contribution in [3.63, 3.8) is 0 Å². The molecular weight excluding hydrogens is 761 g/mol. The number of rotatable bonds is 15. The Kier molecular flexibility index (Phi) is 12.6. The molecule has 3 heterocycles. The Labute approximate surface area is 364 Å². The molecule has 0 aliphatic carbocycles. The van der Waals surface area contributed by atoms with E-state index in [1.807, 2.05) is 82.5 Å². The van der Waals surface area contributed by atoms with Gasteiger partial charge in [-0.05, 0) is 112 Å². The van der Waals surface area contributed by atoms with E-state index in [-0.39, 0.29) is 0 Å². The summed E-state index contributed by atoms with van der Waals surface area (Å²) in [4.78, 5) is 14.6. The molecule has 1 aliphatic rings. The molecule has 0 radical (unpaired) electrons. The highest BCUT2D eigenvalue weighted by atomic mass is 15.2. The SMILES string of the molecule is C=CC1=C(/C=C\C)N(c2ccc3c(c2)c(C=C)c(/C=C\C)n3/C(C=C)=C/C=N)CC1=Nc1c(N=C)n(-c2cccc(-c3ccccc3N(C)C(/C=C\N)=C/C)c2)c2ccccc12.